The van der Waals surface area contributed by atoms with E-state index in [0.29, 0.717) is 0 Å². The summed E-state index contributed by atoms with van der Waals surface area (Å²) in [5, 5.41) is 7.97. The molecule has 4 rings (SSSR count). The molecule has 0 radical (unpaired) electrons. The Morgan fingerprint density at radius 1 is 0.800 bits per heavy atom. The smallest absolute Gasteiger partial charge is 0.0666 e. The van der Waals surface area contributed by atoms with Crippen molar-refractivity contribution in [2.45, 2.75) is 6.54 Å². The molecule has 3 aromatic carbocycles. The average molecular weight is 325 g/mol. The third-order valence-electron chi connectivity index (χ3n) is 4.19. The molecule has 0 saturated heterocycles. The number of hydrogen-bond donors (Lipinski definition) is 1. The molecular weight excluding hydrogens is 306 g/mol. The molecule has 1 aromatic heterocycles. The Kier molecular flexibility index (Phi) is 4.29. The minimum atomic E-state index is 0.726. The van der Waals surface area contributed by atoms with E-state index in [1.165, 1.54) is 10.9 Å². The first-order valence-electron chi connectivity index (χ1n) is 8.37. The lowest BCUT2D eigenvalue weighted by Crippen LogP contribution is -2.15. The summed E-state index contributed by atoms with van der Waals surface area (Å²) in [6, 6.07) is 28.9. The molecule has 122 valence electrons. The standard InChI is InChI=1S/C22H19N3/c1-3-9-18(10-4-1)17-25(20-11-5-2-6-12-20)24-16-19-15-23-22-14-8-7-13-21(19)22/h1-16,23H,17H2/b24-16+. The number of fused-ring (bicyclic) bond motifs is 1. The SMILES string of the molecule is C(=N\N(Cc1ccccc1)c1ccccc1)/c1c[nH]c2ccccc12. The van der Waals surface area contributed by atoms with Crippen molar-refractivity contribution in [3.8, 4) is 0 Å². The summed E-state index contributed by atoms with van der Waals surface area (Å²) < 4.78 is 0. The van der Waals surface area contributed by atoms with Crippen LogP contribution >= 0.6 is 0 Å². The predicted octanol–water partition coefficient (Wildman–Crippen LogP) is 5.21. The van der Waals surface area contributed by atoms with Gasteiger partial charge in [-0.05, 0) is 23.8 Å². The zero-order chi connectivity index (χ0) is 16.9. The molecule has 0 saturated carbocycles. The van der Waals surface area contributed by atoms with Crippen molar-refractivity contribution >= 4 is 22.8 Å². The van der Waals surface area contributed by atoms with Gasteiger partial charge in [-0.1, -0.05) is 66.7 Å². The Morgan fingerprint density at radius 3 is 2.28 bits per heavy atom. The first kappa shape index (κ1) is 15.2. The van der Waals surface area contributed by atoms with Crippen LogP contribution in [0, 0.1) is 0 Å². The molecule has 3 nitrogen and oxygen atoms in total. The van der Waals surface area contributed by atoms with E-state index in [1.807, 2.05) is 53.8 Å². The van der Waals surface area contributed by atoms with Crippen LogP contribution in [-0.2, 0) is 6.54 Å². The van der Waals surface area contributed by atoms with Crippen LogP contribution in [-0.4, -0.2) is 11.2 Å². The average Bonchev–Trinajstić information content (AvgIpc) is 3.10. The highest BCUT2D eigenvalue weighted by Crippen LogP contribution is 2.19. The molecule has 0 unspecified atom stereocenters. The quantitative estimate of drug-likeness (QED) is 0.396. The lowest BCUT2D eigenvalue weighted by Gasteiger charge is -2.19. The molecule has 0 fully saturated rings. The van der Waals surface area contributed by atoms with Gasteiger partial charge in [0.25, 0.3) is 0 Å². The number of benzene rings is 3. The summed E-state index contributed by atoms with van der Waals surface area (Å²) in [5.74, 6) is 0. The van der Waals surface area contributed by atoms with Crippen LogP contribution in [0.3, 0.4) is 0 Å². The van der Waals surface area contributed by atoms with E-state index >= 15 is 0 Å². The molecule has 0 bridgehead atoms. The third kappa shape index (κ3) is 3.45. The zero-order valence-corrected chi connectivity index (χ0v) is 13.8. The van der Waals surface area contributed by atoms with Crippen LogP contribution < -0.4 is 5.01 Å². The molecule has 0 spiro atoms. The van der Waals surface area contributed by atoms with Crippen LogP contribution in [0.15, 0.2) is 96.2 Å². The first-order chi connectivity index (χ1) is 12.4. The Balaban J connectivity index is 1.66. The van der Waals surface area contributed by atoms with Gasteiger partial charge in [0.05, 0.1) is 18.4 Å². The number of hydrogen-bond acceptors (Lipinski definition) is 2. The van der Waals surface area contributed by atoms with Crippen molar-refractivity contribution in [3.05, 3.63) is 102 Å². The second-order valence-corrected chi connectivity index (χ2v) is 5.91. The molecular formula is C22H19N3. The Morgan fingerprint density at radius 2 is 1.48 bits per heavy atom. The van der Waals surface area contributed by atoms with Crippen molar-refractivity contribution < 1.29 is 0 Å². The second-order valence-electron chi connectivity index (χ2n) is 5.91. The van der Waals surface area contributed by atoms with Crippen LogP contribution in [0.5, 0.6) is 0 Å². The molecule has 4 aromatic rings. The predicted molar refractivity (Wildman–Crippen MR) is 105 cm³/mol. The van der Waals surface area contributed by atoms with Gasteiger partial charge in [-0.15, -0.1) is 0 Å². The lowest BCUT2D eigenvalue weighted by atomic mass is 10.2. The number of nitrogens with zero attached hydrogens (tertiary/aromatic N) is 2. The number of anilines is 1. The Hall–Kier alpha value is -3.33. The lowest BCUT2D eigenvalue weighted by molar-refractivity contribution is 0.859. The highest BCUT2D eigenvalue weighted by molar-refractivity contribution is 5.99. The fraction of sp³-hybridized carbons (Fsp3) is 0.0455. The van der Waals surface area contributed by atoms with E-state index in [4.69, 9.17) is 5.10 Å². The van der Waals surface area contributed by atoms with Crippen LogP contribution in [0.4, 0.5) is 5.69 Å². The van der Waals surface area contributed by atoms with Gasteiger partial charge in [-0.2, -0.15) is 5.10 Å². The largest absolute Gasteiger partial charge is 0.361 e. The number of hydrazone groups is 1. The van der Waals surface area contributed by atoms with E-state index in [1.54, 1.807) is 0 Å². The molecule has 3 heteroatoms. The fourth-order valence-electron chi connectivity index (χ4n) is 2.89. The van der Waals surface area contributed by atoms with E-state index in [9.17, 15) is 0 Å². The molecule has 0 aliphatic carbocycles. The number of aromatic amines is 1. The van der Waals surface area contributed by atoms with Gasteiger partial charge in [0.15, 0.2) is 0 Å². The maximum absolute atomic E-state index is 4.77. The number of para-hydroxylation sites is 2. The fourth-order valence-corrected chi connectivity index (χ4v) is 2.89. The van der Waals surface area contributed by atoms with Crippen molar-refractivity contribution in [2.24, 2.45) is 5.10 Å². The van der Waals surface area contributed by atoms with E-state index in [-0.39, 0.29) is 0 Å². The summed E-state index contributed by atoms with van der Waals surface area (Å²) in [7, 11) is 0. The highest BCUT2D eigenvalue weighted by Gasteiger charge is 2.06. The molecule has 1 N–H and O–H groups in total. The normalized spacial score (nSPS) is 11.2. The Bertz CT molecular complexity index is 972. The van der Waals surface area contributed by atoms with Gasteiger partial charge < -0.3 is 4.98 Å². The van der Waals surface area contributed by atoms with E-state index in [0.717, 1.165) is 23.3 Å². The first-order valence-corrected chi connectivity index (χ1v) is 8.37. The van der Waals surface area contributed by atoms with Gasteiger partial charge in [0, 0.05) is 22.7 Å². The summed E-state index contributed by atoms with van der Waals surface area (Å²) in [5.41, 5.74) is 4.51. The van der Waals surface area contributed by atoms with Crippen molar-refractivity contribution in [2.75, 3.05) is 5.01 Å². The third-order valence-corrected chi connectivity index (χ3v) is 4.19. The molecule has 25 heavy (non-hydrogen) atoms. The summed E-state index contributed by atoms with van der Waals surface area (Å²) in [6.45, 7) is 0.726. The number of rotatable bonds is 5. The van der Waals surface area contributed by atoms with E-state index in [2.05, 4.69) is 53.5 Å². The number of aromatic nitrogens is 1. The highest BCUT2D eigenvalue weighted by atomic mass is 15.4. The van der Waals surface area contributed by atoms with Crippen molar-refractivity contribution in [1.29, 1.82) is 0 Å². The van der Waals surface area contributed by atoms with Gasteiger partial charge >= 0.3 is 0 Å². The van der Waals surface area contributed by atoms with Crippen LogP contribution in [0.25, 0.3) is 10.9 Å². The summed E-state index contributed by atoms with van der Waals surface area (Å²) in [6.07, 6.45) is 3.93. The van der Waals surface area contributed by atoms with Crippen LogP contribution in [0.1, 0.15) is 11.1 Å². The van der Waals surface area contributed by atoms with Crippen molar-refractivity contribution in [1.82, 2.24) is 4.98 Å². The maximum atomic E-state index is 4.77. The van der Waals surface area contributed by atoms with Gasteiger partial charge in [0.1, 0.15) is 0 Å². The minimum absolute atomic E-state index is 0.726. The second kappa shape index (κ2) is 7.05. The molecule has 0 atom stereocenters. The summed E-state index contributed by atoms with van der Waals surface area (Å²) >= 11 is 0. The van der Waals surface area contributed by atoms with Gasteiger partial charge in [0.2, 0.25) is 0 Å². The monoisotopic (exact) mass is 325 g/mol. The molecule has 0 amide bonds. The Labute approximate surface area is 147 Å². The zero-order valence-electron chi connectivity index (χ0n) is 13.8. The molecule has 1 heterocycles. The number of H-pyrrole nitrogens is 1. The summed E-state index contributed by atoms with van der Waals surface area (Å²) in [4.78, 5) is 3.29. The molecule has 0 aliphatic heterocycles. The molecule has 0 aliphatic rings. The topological polar surface area (TPSA) is 31.4 Å². The number of nitrogens with one attached hydrogen (secondary N) is 1. The maximum Gasteiger partial charge on any atom is 0.0666 e. The van der Waals surface area contributed by atoms with Gasteiger partial charge in [-0.25, -0.2) is 0 Å². The van der Waals surface area contributed by atoms with Crippen LogP contribution in [0.2, 0.25) is 0 Å². The van der Waals surface area contributed by atoms with E-state index < -0.39 is 0 Å². The minimum Gasteiger partial charge on any atom is -0.361 e. The van der Waals surface area contributed by atoms with Gasteiger partial charge in [-0.3, -0.25) is 5.01 Å². The van der Waals surface area contributed by atoms with Crippen molar-refractivity contribution in [3.63, 3.8) is 0 Å².